The summed E-state index contributed by atoms with van der Waals surface area (Å²) in [6, 6.07) is 10.8. The van der Waals surface area contributed by atoms with Crippen LogP contribution in [0.1, 0.15) is 48.1 Å². The first-order valence-electron chi connectivity index (χ1n) is 11.2. The lowest BCUT2D eigenvalue weighted by Gasteiger charge is -2.24. The number of aromatic nitrogens is 1. The van der Waals surface area contributed by atoms with Crippen molar-refractivity contribution in [2.24, 2.45) is 16.6 Å². The monoisotopic (exact) mass is 427 g/mol. The molecule has 32 heavy (non-hydrogen) atoms. The summed E-state index contributed by atoms with van der Waals surface area (Å²) in [7, 11) is 0. The fraction of sp³-hybridized carbons (Fsp3) is 0.370. The Bertz CT molecular complexity index is 1070. The zero-order valence-electron chi connectivity index (χ0n) is 19.4. The Hall–Kier alpha value is -3.23. The highest BCUT2D eigenvalue weighted by molar-refractivity contribution is 5.81. The predicted octanol–water partition coefficient (Wildman–Crippen LogP) is 4.97. The van der Waals surface area contributed by atoms with Crippen LogP contribution >= 0.6 is 0 Å². The Morgan fingerprint density at radius 1 is 1.34 bits per heavy atom. The number of nitrogens with two attached hydrogens (primary N) is 1. The van der Waals surface area contributed by atoms with Gasteiger partial charge in [-0.3, -0.25) is 4.90 Å². The first-order chi connectivity index (χ1) is 15.4. The van der Waals surface area contributed by atoms with E-state index in [1.807, 2.05) is 13.0 Å². The van der Waals surface area contributed by atoms with E-state index in [0.717, 1.165) is 50.0 Å². The number of fused-ring (bicyclic) bond motifs is 1. The van der Waals surface area contributed by atoms with Crippen molar-refractivity contribution in [3.05, 3.63) is 76.6 Å². The second-order valence-corrected chi connectivity index (χ2v) is 8.94. The number of nitrogens with zero attached hydrogens (tertiary/aromatic N) is 4. The highest BCUT2D eigenvalue weighted by Gasteiger charge is 2.15. The zero-order chi connectivity index (χ0) is 23.1. The normalized spacial score (nSPS) is 13.9. The van der Waals surface area contributed by atoms with Crippen LogP contribution in [0, 0.1) is 24.2 Å². The zero-order valence-corrected chi connectivity index (χ0v) is 19.4. The molecule has 5 heteroatoms. The number of hydrogen-bond acceptors (Lipinski definition) is 5. The van der Waals surface area contributed by atoms with Gasteiger partial charge in [-0.1, -0.05) is 38.6 Å². The van der Waals surface area contributed by atoms with Crippen molar-refractivity contribution >= 4 is 17.6 Å². The molecule has 2 N–H and O–H groups in total. The number of benzene rings is 1. The van der Waals surface area contributed by atoms with Crippen LogP contribution in [0.4, 0.5) is 5.82 Å². The average molecular weight is 428 g/mol. The standard InChI is InChI=1S/C27H33N5/c1-19(2)17-32(10-9-22-6-8-26-20(3)5-7-24(26)12-22)18-23(13-28)15-30-27-11-21(4)25(14-29)16-31-27/h6,8,11-13,15-16,19H,3,5,7,9-10,17-18,28H2,1-2,4H3. The molecule has 0 bridgehead atoms. The molecule has 0 unspecified atom stereocenters. The Morgan fingerprint density at radius 3 is 2.84 bits per heavy atom. The van der Waals surface area contributed by atoms with E-state index in [1.54, 1.807) is 18.6 Å². The molecule has 3 rings (SSSR count). The van der Waals surface area contributed by atoms with E-state index in [2.05, 4.69) is 59.6 Å². The molecular formula is C27H33N5. The molecule has 0 radical (unpaired) electrons. The van der Waals surface area contributed by atoms with E-state index in [1.165, 1.54) is 22.3 Å². The van der Waals surface area contributed by atoms with Gasteiger partial charge in [0.1, 0.15) is 6.07 Å². The third-order valence-electron chi connectivity index (χ3n) is 5.79. The molecule has 0 atom stereocenters. The third kappa shape index (κ3) is 6.15. The molecule has 1 heterocycles. The van der Waals surface area contributed by atoms with Gasteiger partial charge in [0.05, 0.1) is 5.56 Å². The van der Waals surface area contributed by atoms with Crippen LogP contribution in [0.5, 0.6) is 0 Å². The maximum atomic E-state index is 9.06. The van der Waals surface area contributed by atoms with Gasteiger partial charge in [0, 0.05) is 32.0 Å². The van der Waals surface area contributed by atoms with E-state index >= 15 is 0 Å². The molecule has 0 saturated carbocycles. The Balaban J connectivity index is 1.65. The summed E-state index contributed by atoms with van der Waals surface area (Å²) in [6.07, 6.45) is 8.14. The van der Waals surface area contributed by atoms with Gasteiger partial charge in [-0.15, -0.1) is 0 Å². The molecule has 0 saturated heterocycles. The smallest absolute Gasteiger partial charge is 0.152 e. The number of hydrogen-bond donors (Lipinski definition) is 1. The number of rotatable bonds is 9. The summed E-state index contributed by atoms with van der Waals surface area (Å²) in [5.41, 5.74) is 13.7. The van der Waals surface area contributed by atoms with Crippen LogP contribution < -0.4 is 5.73 Å². The average Bonchev–Trinajstić information content (AvgIpc) is 3.14. The van der Waals surface area contributed by atoms with E-state index in [4.69, 9.17) is 11.0 Å². The van der Waals surface area contributed by atoms with Gasteiger partial charge in [0.25, 0.3) is 0 Å². The van der Waals surface area contributed by atoms with Crippen LogP contribution in [-0.2, 0) is 12.8 Å². The molecule has 166 valence electrons. The Morgan fingerprint density at radius 2 is 2.16 bits per heavy atom. The molecule has 1 aliphatic carbocycles. The van der Waals surface area contributed by atoms with Gasteiger partial charge in [0.2, 0.25) is 0 Å². The minimum Gasteiger partial charge on any atom is -0.404 e. The Labute approximate surface area is 192 Å². The fourth-order valence-corrected chi connectivity index (χ4v) is 4.09. The summed E-state index contributed by atoms with van der Waals surface area (Å²) in [5.74, 6) is 1.13. The lowest BCUT2D eigenvalue weighted by Crippen LogP contribution is -2.32. The highest BCUT2D eigenvalue weighted by Crippen LogP contribution is 2.31. The lowest BCUT2D eigenvalue weighted by molar-refractivity contribution is 0.269. The van der Waals surface area contributed by atoms with Crippen LogP contribution in [0.25, 0.3) is 5.57 Å². The topological polar surface area (TPSA) is 78.3 Å². The molecule has 0 aliphatic heterocycles. The number of nitriles is 1. The molecule has 0 spiro atoms. The highest BCUT2D eigenvalue weighted by atomic mass is 15.1. The number of pyridine rings is 1. The van der Waals surface area contributed by atoms with Gasteiger partial charge in [-0.25, -0.2) is 9.98 Å². The Kier molecular flexibility index (Phi) is 7.97. The summed E-state index contributed by atoms with van der Waals surface area (Å²) in [5, 5.41) is 9.06. The maximum absolute atomic E-state index is 9.06. The summed E-state index contributed by atoms with van der Waals surface area (Å²) < 4.78 is 0. The molecule has 0 amide bonds. The van der Waals surface area contributed by atoms with Gasteiger partial charge in [0.15, 0.2) is 5.82 Å². The third-order valence-corrected chi connectivity index (χ3v) is 5.79. The summed E-state index contributed by atoms with van der Waals surface area (Å²) in [6.45, 7) is 13.2. The minimum absolute atomic E-state index is 0.553. The van der Waals surface area contributed by atoms with Gasteiger partial charge >= 0.3 is 0 Å². The van der Waals surface area contributed by atoms with Gasteiger partial charge in [-0.2, -0.15) is 5.26 Å². The van der Waals surface area contributed by atoms with E-state index < -0.39 is 0 Å². The molecule has 5 nitrogen and oxygen atoms in total. The number of aryl methyl sites for hydroxylation is 2. The predicted molar refractivity (Wildman–Crippen MR) is 133 cm³/mol. The largest absolute Gasteiger partial charge is 0.404 e. The van der Waals surface area contributed by atoms with Gasteiger partial charge in [-0.05, 0) is 77.8 Å². The van der Waals surface area contributed by atoms with Crippen LogP contribution in [-0.4, -0.2) is 35.7 Å². The SMILES string of the molecule is C=C1CCc2cc(CCN(CC(C=Nc3cc(C)c(C#N)cn3)=CN)CC(C)C)ccc21. The molecular weight excluding hydrogens is 394 g/mol. The second-order valence-electron chi connectivity index (χ2n) is 8.94. The van der Waals surface area contributed by atoms with Crippen LogP contribution in [0.3, 0.4) is 0 Å². The molecule has 2 aromatic rings. The van der Waals surface area contributed by atoms with Crippen LogP contribution in [0.2, 0.25) is 0 Å². The molecule has 1 aliphatic rings. The van der Waals surface area contributed by atoms with Crippen molar-refractivity contribution in [3.8, 4) is 6.07 Å². The number of aliphatic imine (C=N–C) groups is 1. The first-order valence-corrected chi connectivity index (χ1v) is 11.2. The van der Waals surface area contributed by atoms with Crippen molar-refractivity contribution in [1.82, 2.24) is 9.88 Å². The minimum atomic E-state index is 0.553. The van der Waals surface area contributed by atoms with E-state index in [9.17, 15) is 0 Å². The molecule has 0 fully saturated rings. The quantitative estimate of drug-likeness (QED) is 0.573. The summed E-state index contributed by atoms with van der Waals surface area (Å²) in [4.78, 5) is 11.2. The van der Waals surface area contributed by atoms with Crippen molar-refractivity contribution in [1.29, 1.82) is 5.26 Å². The fourth-order valence-electron chi connectivity index (χ4n) is 4.09. The lowest BCUT2D eigenvalue weighted by atomic mass is 10.0. The van der Waals surface area contributed by atoms with Crippen molar-refractivity contribution in [2.45, 2.75) is 40.0 Å². The number of allylic oxidation sites excluding steroid dienone is 1. The van der Waals surface area contributed by atoms with Crippen molar-refractivity contribution < 1.29 is 0 Å². The van der Waals surface area contributed by atoms with E-state index in [0.29, 0.717) is 17.3 Å². The van der Waals surface area contributed by atoms with Crippen molar-refractivity contribution in [2.75, 3.05) is 19.6 Å². The first kappa shape index (κ1) is 23.4. The van der Waals surface area contributed by atoms with Crippen molar-refractivity contribution in [3.63, 3.8) is 0 Å². The van der Waals surface area contributed by atoms with E-state index in [-0.39, 0.29) is 0 Å². The van der Waals surface area contributed by atoms with Gasteiger partial charge < -0.3 is 5.73 Å². The maximum Gasteiger partial charge on any atom is 0.152 e. The van der Waals surface area contributed by atoms with Crippen LogP contribution in [0.15, 0.2) is 53.8 Å². The second kappa shape index (κ2) is 10.9. The molecule has 1 aromatic carbocycles. The molecule has 1 aromatic heterocycles. The summed E-state index contributed by atoms with van der Waals surface area (Å²) >= 11 is 0.